The monoisotopic (exact) mass is 277 g/mol. The minimum atomic E-state index is 0.0797. The van der Waals surface area contributed by atoms with E-state index in [9.17, 15) is 4.79 Å². The summed E-state index contributed by atoms with van der Waals surface area (Å²) in [6, 6.07) is 2.38. The molecule has 0 spiro atoms. The first-order chi connectivity index (χ1) is 9.65. The number of rotatable bonds is 3. The summed E-state index contributed by atoms with van der Waals surface area (Å²) in [5.41, 5.74) is 2.22. The quantitative estimate of drug-likeness (QED) is 0.841. The first-order valence-electron chi connectivity index (χ1n) is 7.54. The molecule has 0 N–H and O–H groups in total. The summed E-state index contributed by atoms with van der Waals surface area (Å²) in [6.07, 6.45) is 3.06. The minimum absolute atomic E-state index is 0.0797. The fraction of sp³-hybridized carbons (Fsp3) is 0.733. The van der Waals surface area contributed by atoms with Gasteiger partial charge in [-0.05, 0) is 39.2 Å². The molecule has 1 aromatic heterocycles. The third kappa shape index (κ3) is 2.59. The molecule has 2 aliphatic rings. The highest BCUT2D eigenvalue weighted by Crippen LogP contribution is 2.24. The van der Waals surface area contributed by atoms with Gasteiger partial charge in [-0.3, -0.25) is 9.48 Å². The number of carbonyl (C=O) groups excluding carboxylic acids is 1. The maximum atomic E-state index is 12.6. The van der Waals surface area contributed by atoms with E-state index in [1.807, 2.05) is 11.6 Å². The Morgan fingerprint density at radius 2 is 2.30 bits per heavy atom. The normalized spacial score (nSPS) is 26.4. The number of hydrogen-bond acceptors (Lipinski definition) is 3. The highest BCUT2D eigenvalue weighted by molar-refractivity contribution is 5.79. The molecule has 0 bridgehead atoms. The molecule has 2 fully saturated rings. The van der Waals surface area contributed by atoms with E-state index in [2.05, 4.69) is 23.0 Å². The van der Waals surface area contributed by atoms with Crippen LogP contribution in [0.2, 0.25) is 0 Å². The molecule has 0 radical (unpaired) electrons. The molecule has 2 atom stereocenters. The second kappa shape index (κ2) is 5.56. The topological polar surface area (TPSA) is 47.4 Å². The number of hydrogen-bond donors (Lipinski definition) is 0. The van der Waals surface area contributed by atoms with Gasteiger partial charge in [0.05, 0.1) is 30.8 Å². The molecule has 0 saturated carbocycles. The van der Waals surface area contributed by atoms with Crippen LogP contribution in [0.5, 0.6) is 0 Å². The smallest absolute Gasteiger partial charge is 0.228 e. The van der Waals surface area contributed by atoms with Crippen molar-refractivity contribution >= 4 is 5.91 Å². The molecule has 0 unspecified atom stereocenters. The second-order valence-electron chi connectivity index (χ2n) is 6.00. The van der Waals surface area contributed by atoms with E-state index in [0.717, 1.165) is 44.7 Å². The Hall–Kier alpha value is -1.36. The van der Waals surface area contributed by atoms with Crippen LogP contribution in [0.15, 0.2) is 6.07 Å². The van der Waals surface area contributed by atoms with E-state index in [1.54, 1.807) is 0 Å². The average Bonchev–Trinajstić information content (AvgIpc) is 3.12. The molecule has 20 heavy (non-hydrogen) atoms. The van der Waals surface area contributed by atoms with Crippen molar-refractivity contribution in [3.05, 3.63) is 17.5 Å². The number of ether oxygens (including phenoxy) is 1. The molecule has 0 aliphatic carbocycles. The second-order valence-corrected chi connectivity index (χ2v) is 6.00. The van der Waals surface area contributed by atoms with Gasteiger partial charge >= 0.3 is 0 Å². The maximum Gasteiger partial charge on any atom is 0.228 e. The summed E-state index contributed by atoms with van der Waals surface area (Å²) in [5, 5.41) is 4.52. The van der Waals surface area contributed by atoms with Crippen molar-refractivity contribution in [2.45, 2.75) is 45.7 Å². The van der Waals surface area contributed by atoms with Gasteiger partial charge in [0, 0.05) is 18.8 Å². The van der Waals surface area contributed by atoms with Gasteiger partial charge in [0.15, 0.2) is 0 Å². The number of aromatic nitrogens is 2. The van der Waals surface area contributed by atoms with Crippen molar-refractivity contribution in [3.63, 3.8) is 0 Å². The summed E-state index contributed by atoms with van der Waals surface area (Å²) in [4.78, 5) is 14.6. The van der Waals surface area contributed by atoms with Gasteiger partial charge < -0.3 is 9.64 Å². The fourth-order valence-electron chi connectivity index (χ4n) is 3.34. The first-order valence-corrected chi connectivity index (χ1v) is 7.54. The van der Waals surface area contributed by atoms with Crippen molar-refractivity contribution in [1.29, 1.82) is 0 Å². The van der Waals surface area contributed by atoms with Crippen molar-refractivity contribution in [1.82, 2.24) is 14.7 Å². The summed E-state index contributed by atoms with van der Waals surface area (Å²) < 4.78 is 7.39. The van der Waals surface area contributed by atoms with Crippen LogP contribution >= 0.6 is 0 Å². The molecule has 110 valence electrons. The predicted molar refractivity (Wildman–Crippen MR) is 75.4 cm³/mol. The van der Waals surface area contributed by atoms with Crippen LogP contribution in [-0.4, -0.2) is 46.4 Å². The van der Waals surface area contributed by atoms with Gasteiger partial charge in [-0.2, -0.15) is 5.10 Å². The molecule has 5 nitrogen and oxygen atoms in total. The fourth-order valence-corrected chi connectivity index (χ4v) is 3.34. The predicted octanol–water partition coefficient (Wildman–Crippen LogP) is 1.53. The van der Waals surface area contributed by atoms with Gasteiger partial charge in [0.2, 0.25) is 5.91 Å². The molecule has 2 aliphatic heterocycles. The first kappa shape index (κ1) is 13.6. The molecule has 1 amide bonds. The maximum absolute atomic E-state index is 12.6. The zero-order chi connectivity index (χ0) is 14.1. The van der Waals surface area contributed by atoms with Crippen molar-refractivity contribution in [2.24, 2.45) is 5.92 Å². The van der Waals surface area contributed by atoms with Gasteiger partial charge in [-0.25, -0.2) is 0 Å². The highest BCUT2D eigenvalue weighted by atomic mass is 16.5. The Morgan fingerprint density at radius 1 is 1.45 bits per heavy atom. The van der Waals surface area contributed by atoms with E-state index >= 15 is 0 Å². The molecule has 1 aromatic rings. The number of nitrogens with zero attached hydrogens (tertiary/aromatic N) is 3. The number of amides is 1. The molecule has 0 aromatic carbocycles. The van der Waals surface area contributed by atoms with Gasteiger partial charge in [0.25, 0.3) is 0 Å². The van der Waals surface area contributed by atoms with Crippen LogP contribution in [0.25, 0.3) is 0 Å². The van der Waals surface area contributed by atoms with Gasteiger partial charge in [0.1, 0.15) is 0 Å². The highest BCUT2D eigenvalue weighted by Gasteiger charge is 2.35. The molecular weight excluding hydrogens is 254 g/mol. The molecule has 3 heterocycles. The van der Waals surface area contributed by atoms with E-state index in [-0.39, 0.29) is 11.8 Å². The Bertz CT molecular complexity index is 491. The van der Waals surface area contributed by atoms with Gasteiger partial charge in [-0.1, -0.05) is 0 Å². The van der Waals surface area contributed by atoms with Crippen LogP contribution in [0.3, 0.4) is 0 Å². The number of aryl methyl sites for hydroxylation is 2. The lowest BCUT2D eigenvalue weighted by Gasteiger charge is -2.27. The molecule has 2 saturated heterocycles. The number of likely N-dealkylation sites (tertiary alicyclic amines) is 1. The van der Waals surface area contributed by atoms with Crippen LogP contribution in [0.1, 0.15) is 30.7 Å². The third-order valence-corrected chi connectivity index (χ3v) is 4.43. The van der Waals surface area contributed by atoms with Crippen molar-refractivity contribution in [2.75, 3.05) is 19.8 Å². The van der Waals surface area contributed by atoms with E-state index in [1.165, 1.54) is 5.69 Å². The lowest BCUT2D eigenvalue weighted by molar-refractivity contribution is -0.136. The average molecular weight is 277 g/mol. The summed E-state index contributed by atoms with van der Waals surface area (Å²) in [7, 11) is 0. The van der Waals surface area contributed by atoms with E-state index in [4.69, 9.17) is 4.74 Å². The molecule has 3 rings (SSSR count). The zero-order valence-electron chi connectivity index (χ0n) is 12.3. The Kier molecular flexibility index (Phi) is 3.78. The van der Waals surface area contributed by atoms with Crippen LogP contribution in [-0.2, 0) is 16.1 Å². The Balaban J connectivity index is 1.69. The van der Waals surface area contributed by atoms with Crippen LogP contribution in [0.4, 0.5) is 0 Å². The Morgan fingerprint density at radius 3 is 2.95 bits per heavy atom. The lowest BCUT2D eigenvalue weighted by Crippen LogP contribution is -2.42. The van der Waals surface area contributed by atoms with Crippen LogP contribution in [0, 0.1) is 19.8 Å². The van der Waals surface area contributed by atoms with Crippen molar-refractivity contribution < 1.29 is 9.53 Å². The minimum Gasteiger partial charge on any atom is -0.381 e. The molecule has 5 heteroatoms. The number of carbonyl (C=O) groups is 1. The van der Waals surface area contributed by atoms with E-state index in [0.29, 0.717) is 12.6 Å². The summed E-state index contributed by atoms with van der Waals surface area (Å²) in [5.74, 6) is 0.364. The lowest BCUT2D eigenvalue weighted by atomic mass is 10.1. The molecular formula is C15H23N3O2. The third-order valence-electron chi connectivity index (χ3n) is 4.43. The summed E-state index contributed by atoms with van der Waals surface area (Å²) in [6.45, 7) is 7.12. The zero-order valence-corrected chi connectivity index (χ0v) is 12.3. The van der Waals surface area contributed by atoms with Crippen LogP contribution < -0.4 is 0 Å². The standard InChI is InChI=1S/C15H23N3O2/c1-11-8-12(2)18(16-11)9-14-4-3-6-17(14)15(19)13-5-7-20-10-13/h8,13-14H,3-7,9-10H2,1-2H3/t13-,14-/m1/s1. The van der Waals surface area contributed by atoms with Gasteiger partial charge in [-0.15, -0.1) is 0 Å². The van der Waals surface area contributed by atoms with Crippen molar-refractivity contribution in [3.8, 4) is 0 Å². The van der Waals surface area contributed by atoms with E-state index < -0.39 is 0 Å². The SMILES string of the molecule is Cc1cc(C)n(C[C@H]2CCCN2C(=O)[C@@H]2CCOC2)n1. The Labute approximate surface area is 119 Å². The summed E-state index contributed by atoms with van der Waals surface area (Å²) >= 11 is 0. The largest absolute Gasteiger partial charge is 0.381 e.